The van der Waals surface area contributed by atoms with Crippen molar-refractivity contribution >= 4 is 38.6 Å². The standard InChI is InChI=1S/C14H17ClN2O2S2/c1-9(7-12-5-3-10(2)20-12)17-21(18,19)14-6-4-11(15)8-13(14)16/h3-6,8-9,17H,7,16H2,1-2H3. The first-order chi connectivity index (χ1) is 9.78. The Balaban J connectivity index is 2.13. The fraction of sp³-hybridized carbons (Fsp3) is 0.286. The van der Waals surface area contributed by atoms with Crippen molar-refractivity contribution < 1.29 is 8.42 Å². The van der Waals surface area contributed by atoms with Crippen LogP contribution in [0.4, 0.5) is 5.69 Å². The number of hydrogen-bond acceptors (Lipinski definition) is 4. The summed E-state index contributed by atoms with van der Waals surface area (Å²) in [6, 6.07) is 8.19. The summed E-state index contributed by atoms with van der Waals surface area (Å²) in [6.45, 7) is 3.86. The van der Waals surface area contributed by atoms with E-state index in [0.29, 0.717) is 11.4 Å². The van der Waals surface area contributed by atoms with Gasteiger partial charge in [0.25, 0.3) is 0 Å². The predicted octanol–water partition coefficient (Wildman–Crippen LogP) is 3.20. The summed E-state index contributed by atoms with van der Waals surface area (Å²) in [7, 11) is -3.65. The molecular formula is C14H17ClN2O2S2. The molecule has 1 aromatic carbocycles. The summed E-state index contributed by atoms with van der Waals surface area (Å²) in [4.78, 5) is 2.41. The lowest BCUT2D eigenvalue weighted by Crippen LogP contribution is -2.34. The molecule has 0 spiro atoms. The number of benzene rings is 1. The van der Waals surface area contributed by atoms with Crippen LogP contribution in [0.25, 0.3) is 0 Å². The summed E-state index contributed by atoms with van der Waals surface area (Å²) in [6.07, 6.45) is 0.644. The summed E-state index contributed by atoms with van der Waals surface area (Å²) in [5.74, 6) is 0. The van der Waals surface area contributed by atoms with E-state index < -0.39 is 10.0 Å². The van der Waals surface area contributed by atoms with Crippen molar-refractivity contribution in [3.63, 3.8) is 0 Å². The van der Waals surface area contributed by atoms with Crippen LogP contribution in [0.3, 0.4) is 0 Å². The maximum atomic E-state index is 12.3. The van der Waals surface area contributed by atoms with Crippen molar-refractivity contribution in [3.8, 4) is 0 Å². The molecule has 2 aromatic rings. The van der Waals surface area contributed by atoms with Crippen molar-refractivity contribution in [2.75, 3.05) is 5.73 Å². The van der Waals surface area contributed by atoms with E-state index in [0.717, 1.165) is 4.88 Å². The molecule has 114 valence electrons. The van der Waals surface area contributed by atoms with Crippen molar-refractivity contribution in [1.29, 1.82) is 0 Å². The van der Waals surface area contributed by atoms with E-state index in [1.54, 1.807) is 11.3 Å². The molecule has 1 aromatic heterocycles. The first kappa shape index (κ1) is 16.3. The Morgan fingerprint density at radius 2 is 2.05 bits per heavy atom. The van der Waals surface area contributed by atoms with E-state index in [4.69, 9.17) is 17.3 Å². The number of thiophene rings is 1. The van der Waals surface area contributed by atoms with Gasteiger partial charge in [-0.05, 0) is 50.6 Å². The molecule has 1 unspecified atom stereocenters. The van der Waals surface area contributed by atoms with Gasteiger partial charge in [0.2, 0.25) is 10.0 Å². The van der Waals surface area contributed by atoms with E-state index in [-0.39, 0.29) is 16.6 Å². The molecule has 0 bridgehead atoms. The lowest BCUT2D eigenvalue weighted by atomic mass is 10.2. The Hall–Kier alpha value is -1.08. The number of nitrogen functional groups attached to an aromatic ring is 1. The van der Waals surface area contributed by atoms with Crippen molar-refractivity contribution in [2.45, 2.75) is 31.2 Å². The number of halogens is 1. The fourth-order valence-corrected chi connectivity index (χ4v) is 4.59. The van der Waals surface area contributed by atoms with Gasteiger partial charge in [-0.2, -0.15) is 0 Å². The second kappa shape index (κ2) is 6.36. The zero-order valence-corrected chi connectivity index (χ0v) is 14.1. The van der Waals surface area contributed by atoms with Crippen LogP contribution in [0.5, 0.6) is 0 Å². The van der Waals surface area contributed by atoms with Crippen LogP contribution in [-0.4, -0.2) is 14.5 Å². The summed E-state index contributed by atoms with van der Waals surface area (Å²) >= 11 is 7.45. The Bertz CT molecular complexity index is 741. The van der Waals surface area contributed by atoms with Gasteiger partial charge < -0.3 is 5.73 Å². The fourth-order valence-electron chi connectivity index (χ4n) is 2.03. The van der Waals surface area contributed by atoms with Crippen molar-refractivity contribution in [3.05, 3.63) is 45.1 Å². The Kier molecular flexibility index (Phi) is 4.93. The number of hydrogen-bond donors (Lipinski definition) is 2. The molecule has 0 saturated carbocycles. The average Bonchev–Trinajstić information content (AvgIpc) is 2.72. The Morgan fingerprint density at radius 3 is 2.62 bits per heavy atom. The van der Waals surface area contributed by atoms with E-state index in [1.807, 2.05) is 26.0 Å². The molecule has 21 heavy (non-hydrogen) atoms. The van der Waals surface area contributed by atoms with Gasteiger partial charge in [0.1, 0.15) is 4.90 Å². The number of anilines is 1. The molecule has 0 aliphatic heterocycles. The van der Waals surface area contributed by atoms with Crippen LogP contribution in [-0.2, 0) is 16.4 Å². The molecule has 0 radical (unpaired) electrons. The number of nitrogens with two attached hydrogens (primary N) is 1. The Morgan fingerprint density at radius 1 is 1.33 bits per heavy atom. The Labute approximate surface area is 134 Å². The lowest BCUT2D eigenvalue weighted by Gasteiger charge is -2.14. The minimum Gasteiger partial charge on any atom is -0.398 e. The maximum Gasteiger partial charge on any atom is 0.242 e. The molecule has 1 heterocycles. The van der Waals surface area contributed by atoms with Gasteiger partial charge >= 0.3 is 0 Å². The topological polar surface area (TPSA) is 72.2 Å². The SMILES string of the molecule is Cc1ccc(CC(C)NS(=O)(=O)c2ccc(Cl)cc2N)s1. The molecule has 0 aliphatic rings. The third-order valence-electron chi connectivity index (χ3n) is 2.92. The van der Waals surface area contributed by atoms with Crippen LogP contribution in [0, 0.1) is 6.92 Å². The summed E-state index contributed by atoms with van der Waals surface area (Å²) < 4.78 is 27.3. The van der Waals surface area contributed by atoms with E-state index in [2.05, 4.69) is 4.72 Å². The largest absolute Gasteiger partial charge is 0.398 e. The summed E-state index contributed by atoms with van der Waals surface area (Å²) in [5, 5.41) is 0.411. The highest BCUT2D eigenvalue weighted by molar-refractivity contribution is 7.89. The van der Waals surface area contributed by atoms with Gasteiger partial charge in [-0.3, -0.25) is 0 Å². The normalized spacial score (nSPS) is 13.3. The number of aryl methyl sites for hydroxylation is 1. The lowest BCUT2D eigenvalue weighted by molar-refractivity contribution is 0.561. The minimum absolute atomic E-state index is 0.0566. The molecule has 1 atom stereocenters. The summed E-state index contributed by atoms with van der Waals surface area (Å²) in [5.41, 5.74) is 5.88. The van der Waals surface area contributed by atoms with E-state index in [1.165, 1.54) is 23.1 Å². The molecule has 7 heteroatoms. The third kappa shape index (κ3) is 4.20. The molecular weight excluding hydrogens is 328 g/mol. The first-order valence-electron chi connectivity index (χ1n) is 6.40. The molecule has 0 fully saturated rings. The highest BCUT2D eigenvalue weighted by atomic mass is 35.5. The van der Waals surface area contributed by atoms with Crippen LogP contribution in [0.1, 0.15) is 16.7 Å². The van der Waals surface area contributed by atoms with Gasteiger partial charge in [0.05, 0.1) is 5.69 Å². The molecule has 0 saturated heterocycles. The van der Waals surface area contributed by atoms with Crippen LogP contribution >= 0.6 is 22.9 Å². The second-order valence-electron chi connectivity index (χ2n) is 4.92. The highest BCUT2D eigenvalue weighted by Gasteiger charge is 2.20. The quantitative estimate of drug-likeness (QED) is 0.818. The second-order valence-corrected chi connectivity index (χ2v) is 8.41. The smallest absolute Gasteiger partial charge is 0.242 e. The minimum atomic E-state index is -3.65. The number of sulfonamides is 1. The number of nitrogens with one attached hydrogen (secondary N) is 1. The van der Waals surface area contributed by atoms with E-state index >= 15 is 0 Å². The van der Waals surface area contributed by atoms with Gasteiger partial charge in [-0.15, -0.1) is 11.3 Å². The van der Waals surface area contributed by atoms with E-state index in [9.17, 15) is 8.42 Å². The van der Waals surface area contributed by atoms with Crippen molar-refractivity contribution in [2.24, 2.45) is 0 Å². The van der Waals surface area contributed by atoms with Gasteiger partial charge in [0, 0.05) is 20.8 Å². The zero-order chi connectivity index (χ0) is 15.6. The van der Waals surface area contributed by atoms with Gasteiger partial charge in [0.15, 0.2) is 0 Å². The molecule has 4 nitrogen and oxygen atoms in total. The molecule has 0 aliphatic carbocycles. The predicted molar refractivity (Wildman–Crippen MR) is 88.4 cm³/mol. The van der Waals surface area contributed by atoms with Crippen LogP contribution < -0.4 is 10.5 Å². The first-order valence-corrected chi connectivity index (χ1v) is 9.08. The molecule has 2 rings (SSSR count). The van der Waals surface area contributed by atoms with Crippen molar-refractivity contribution in [1.82, 2.24) is 4.72 Å². The molecule has 3 N–H and O–H groups in total. The van der Waals surface area contributed by atoms with Gasteiger partial charge in [-0.1, -0.05) is 11.6 Å². The number of rotatable bonds is 5. The highest BCUT2D eigenvalue weighted by Crippen LogP contribution is 2.23. The molecule has 0 amide bonds. The van der Waals surface area contributed by atoms with Gasteiger partial charge in [-0.25, -0.2) is 13.1 Å². The average molecular weight is 345 g/mol. The maximum absolute atomic E-state index is 12.3. The van der Waals surface area contributed by atoms with Crippen LogP contribution in [0.2, 0.25) is 5.02 Å². The third-order valence-corrected chi connectivity index (χ3v) is 5.84. The monoisotopic (exact) mass is 344 g/mol. The van der Waals surface area contributed by atoms with Crippen LogP contribution in [0.15, 0.2) is 35.2 Å². The zero-order valence-electron chi connectivity index (χ0n) is 11.8.